The van der Waals surface area contributed by atoms with Crippen LogP contribution in [0.5, 0.6) is 0 Å². The number of β-amino-alcohol motifs (C(OH)–C–C–N with tert-alkyl or cyclic N) is 1. The largest absolute Gasteiger partial charge is 0.395 e. The molecule has 1 unspecified atom stereocenters. The second-order valence-corrected chi connectivity index (χ2v) is 5.29. The van der Waals surface area contributed by atoms with E-state index in [9.17, 15) is 9.59 Å². The Labute approximate surface area is 119 Å². The normalized spacial score (nSPS) is 22.8. The van der Waals surface area contributed by atoms with E-state index in [1.807, 2.05) is 31.2 Å². The number of benzene rings is 1. The predicted molar refractivity (Wildman–Crippen MR) is 73.4 cm³/mol. The lowest BCUT2D eigenvalue weighted by atomic mass is 9.87. The molecule has 2 rings (SSSR count). The Balaban J connectivity index is 2.41. The molecule has 6 heteroatoms. The van der Waals surface area contributed by atoms with Gasteiger partial charge in [0, 0.05) is 4.47 Å². The van der Waals surface area contributed by atoms with Gasteiger partial charge in [-0.1, -0.05) is 35.0 Å². The smallest absolute Gasteiger partial charge is 0.325 e. The number of imide groups is 1. The molecule has 19 heavy (non-hydrogen) atoms. The molecular formula is C13H15BrN2O3. The summed E-state index contributed by atoms with van der Waals surface area (Å²) >= 11 is 3.34. The first-order valence-corrected chi connectivity index (χ1v) is 6.85. The van der Waals surface area contributed by atoms with E-state index < -0.39 is 11.6 Å². The van der Waals surface area contributed by atoms with Crippen LogP contribution in [0.2, 0.25) is 0 Å². The van der Waals surface area contributed by atoms with Crippen LogP contribution in [-0.4, -0.2) is 35.1 Å². The second kappa shape index (κ2) is 5.30. The highest BCUT2D eigenvalue weighted by Gasteiger charge is 2.50. The SMILES string of the molecule is CCC1(c2ccc(Br)cc2)NC(=O)N(CCO)C1=O. The third-order valence-electron chi connectivity index (χ3n) is 3.37. The van der Waals surface area contributed by atoms with Crippen molar-refractivity contribution in [1.82, 2.24) is 10.2 Å². The van der Waals surface area contributed by atoms with Crippen LogP contribution < -0.4 is 5.32 Å². The van der Waals surface area contributed by atoms with E-state index in [-0.39, 0.29) is 19.1 Å². The number of amides is 3. The maximum Gasteiger partial charge on any atom is 0.325 e. The fourth-order valence-corrected chi connectivity index (χ4v) is 2.57. The van der Waals surface area contributed by atoms with Crippen LogP contribution >= 0.6 is 15.9 Å². The van der Waals surface area contributed by atoms with E-state index in [4.69, 9.17) is 5.11 Å². The summed E-state index contributed by atoms with van der Waals surface area (Å²) in [4.78, 5) is 25.4. The van der Waals surface area contributed by atoms with E-state index in [0.717, 1.165) is 14.9 Å². The van der Waals surface area contributed by atoms with E-state index in [1.165, 1.54) is 0 Å². The zero-order valence-corrected chi connectivity index (χ0v) is 12.1. The molecule has 1 atom stereocenters. The van der Waals surface area contributed by atoms with Crippen LogP contribution in [-0.2, 0) is 10.3 Å². The second-order valence-electron chi connectivity index (χ2n) is 4.38. The van der Waals surface area contributed by atoms with Crippen molar-refractivity contribution in [3.05, 3.63) is 34.3 Å². The maximum absolute atomic E-state index is 12.5. The number of hydrogen-bond donors (Lipinski definition) is 2. The highest BCUT2D eigenvalue weighted by atomic mass is 79.9. The molecule has 2 N–H and O–H groups in total. The van der Waals surface area contributed by atoms with E-state index in [2.05, 4.69) is 21.2 Å². The van der Waals surface area contributed by atoms with Crippen LogP contribution in [0.25, 0.3) is 0 Å². The first-order valence-electron chi connectivity index (χ1n) is 6.06. The zero-order chi connectivity index (χ0) is 14.0. The molecule has 1 aliphatic heterocycles. The van der Waals surface area contributed by atoms with Gasteiger partial charge < -0.3 is 10.4 Å². The maximum atomic E-state index is 12.5. The van der Waals surface area contributed by atoms with Crippen LogP contribution in [0.15, 0.2) is 28.7 Å². The number of aliphatic hydroxyl groups is 1. The van der Waals surface area contributed by atoms with Crippen molar-refractivity contribution in [3.63, 3.8) is 0 Å². The molecule has 102 valence electrons. The summed E-state index contributed by atoms with van der Waals surface area (Å²) in [6, 6.07) is 6.84. The topological polar surface area (TPSA) is 69.6 Å². The molecule has 0 bridgehead atoms. The van der Waals surface area contributed by atoms with Gasteiger partial charge >= 0.3 is 6.03 Å². The lowest BCUT2D eigenvalue weighted by molar-refractivity contribution is -0.132. The Hall–Kier alpha value is -1.40. The number of carbonyl (C=O) groups is 2. The van der Waals surface area contributed by atoms with Crippen molar-refractivity contribution in [2.24, 2.45) is 0 Å². The van der Waals surface area contributed by atoms with Gasteiger partial charge in [0.25, 0.3) is 5.91 Å². The summed E-state index contributed by atoms with van der Waals surface area (Å²) in [5.41, 5.74) is -0.274. The van der Waals surface area contributed by atoms with Crippen molar-refractivity contribution >= 4 is 27.9 Å². The zero-order valence-electron chi connectivity index (χ0n) is 10.5. The first-order chi connectivity index (χ1) is 9.05. The fraction of sp³-hybridized carbons (Fsp3) is 0.385. The Morgan fingerprint density at radius 2 is 1.95 bits per heavy atom. The van der Waals surface area contributed by atoms with Gasteiger partial charge in [0.1, 0.15) is 5.54 Å². The van der Waals surface area contributed by atoms with Crippen molar-refractivity contribution < 1.29 is 14.7 Å². The average molecular weight is 327 g/mol. The van der Waals surface area contributed by atoms with E-state index in [0.29, 0.717) is 6.42 Å². The van der Waals surface area contributed by atoms with Gasteiger partial charge in [0.2, 0.25) is 0 Å². The van der Waals surface area contributed by atoms with Crippen LogP contribution in [0, 0.1) is 0 Å². The van der Waals surface area contributed by atoms with Crippen molar-refractivity contribution in [2.45, 2.75) is 18.9 Å². The minimum absolute atomic E-state index is 0.0168. The van der Waals surface area contributed by atoms with Gasteiger partial charge in [-0.05, 0) is 24.1 Å². The van der Waals surface area contributed by atoms with Gasteiger partial charge in [-0.15, -0.1) is 0 Å². The lowest BCUT2D eigenvalue weighted by Gasteiger charge is -2.25. The summed E-state index contributed by atoms with van der Waals surface area (Å²) in [7, 11) is 0. The Morgan fingerprint density at radius 3 is 2.47 bits per heavy atom. The van der Waals surface area contributed by atoms with Crippen molar-refractivity contribution in [3.8, 4) is 0 Å². The fourth-order valence-electron chi connectivity index (χ4n) is 2.30. The Bertz CT molecular complexity index is 503. The number of rotatable bonds is 4. The molecule has 0 aliphatic carbocycles. The van der Waals surface area contributed by atoms with Gasteiger partial charge in [-0.25, -0.2) is 4.79 Å². The van der Waals surface area contributed by atoms with Gasteiger partial charge in [-0.3, -0.25) is 9.69 Å². The first kappa shape index (κ1) is 14.0. The monoisotopic (exact) mass is 326 g/mol. The summed E-state index contributed by atoms with van der Waals surface area (Å²) in [6.45, 7) is 1.63. The molecule has 1 heterocycles. The van der Waals surface area contributed by atoms with E-state index in [1.54, 1.807) is 0 Å². The molecule has 0 radical (unpaired) electrons. The van der Waals surface area contributed by atoms with Crippen LogP contribution in [0.1, 0.15) is 18.9 Å². The van der Waals surface area contributed by atoms with Crippen molar-refractivity contribution in [2.75, 3.05) is 13.2 Å². The predicted octanol–water partition coefficient (Wildman–Crippen LogP) is 1.60. The Kier molecular flexibility index (Phi) is 3.91. The molecule has 1 aromatic carbocycles. The van der Waals surface area contributed by atoms with Gasteiger partial charge in [-0.2, -0.15) is 0 Å². The number of urea groups is 1. The molecule has 1 aromatic rings. The van der Waals surface area contributed by atoms with Crippen molar-refractivity contribution in [1.29, 1.82) is 0 Å². The summed E-state index contributed by atoms with van der Waals surface area (Å²) in [5.74, 6) is -0.309. The minimum atomic E-state index is -1.02. The quantitative estimate of drug-likeness (QED) is 0.826. The van der Waals surface area contributed by atoms with E-state index >= 15 is 0 Å². The van der Waals surface area contributed by atoms with Crippen LogP contribution in [0.3, 0.4) is 0 Å². The number of halogens is 1. The third kappa shape index (κ3) is 2.26. The minimum Gasteiger partial charge on any atom is -0.395 e. The number of aliphatic hydroxyl groups excluding tert-OH is 1. The number of carbonyl (C=O) groups excluding carboxylic acids is 2. The molecule has 0 aromatic heterocycles. The highest BCUT2D eigenvalue weighted by molar-refractivity contribution is 9.10. The standard InChI is InChI=1S/C13H15BrN2O3/c1-2-13(9-3-5-10(14)6-4-9)11(18)16(7-8-17)12(19)15-13/h3-6,17H,2,7-8H2,1H3,(H,15,19). The lowest BCUT2D eigenvalue weighted by Crippen LogP contribution is -2.43. The molecular weight excluding hydrogens is 312 g/mol. The number of hydrogen-bond acceptors (Lipinski definition) is 3. The Morgan fingerprint density at radius 1 is 1.32 bits per heavy atom. The summed E-state index contributed by atoms with van der Waals surface area (Å²) in [6.07, 6.45) is 0.459. The molecule has 1 aliphatic rings. The summed E-state index contributed by atoms with van der Waals surface area (Å²) in [5, 5.41) is 11.7. The third-order valence-corrected chi connectivity index (χ3v) is 3.90. The number of nitrogens with zero attached hydrogens (tertiary/aromatic N) is 1. The molecule has 3 amide bonds. The molecule has 0 spiro atoms. The molecule has 5 nitrogen and oxygen atoms in total. The molecule has 0 saturated carbocycles. The number of nitrogens with one attached hydrogen (secondary N) is 1. The van der Waals surface area contributed by atoms with Gasteiger partial charge in [0.05, 0.1) is 13.2 Å². The molecule has 1 fully saturated rings. The summed E-state index contributed by atoms with van der Waals surface area (Å²) < 4.78 is 0.909. The molecule has 1 saturated heterocycles. The average Bonchev–Trinajstić information content (AvgIpc) is 2.65. The highest BCUT2D eigenvalue weighted by Crippen LogP contribution is 2.32. The van der Waals surface area contributed by atoms with Gasteiger partial charge in [0.15, 0.2) is 0 Å². The van der Waals surface area contributed by atoms with Crippen LogP contribution in [0.4, 0.5) is 4.79 Å².